The molecule has 1 aromatic rings. The second-order valence-electron chi connectivity index (χ2n) is 4.85. The molecule has 2 rings (SSSR count). The molecule has 0 bridgehead atoms. The van der Waals surface area contributed by atoms with Crippen LogP contribution in [0.2, 0.25) is 0 Å². The van der Waals surface area contributed by atoms with Crippen molar-refractivity contribution < 1.29 is 4.74 Å². The van der Waals surface area contributed by atoms with E-state index in [-0.39, 0.29) is 0 Å². The van der Waals surface area contributed by atoms with Gasteiger partial charge in [0.2, 0.25) is 5.88 Å². The molecule has 1 saturated carbocycles. The largest absolute Gasteiger partial charge is 0.481 e. The Kier molecular flexibility index (Phi) is 3.41. The molecule has 1 fully saturated rings. The summed E-state index contributed by atoms with van der Waals surface area (Å²) < 4.78 is 5.10. The summed E-state index contributed by atoms with van der Waals surface area (Å²) in [4.78, 5) is 4.33. The van der Waals surface area contributed by atoms with Crippen molar-refractivity contribution in [3.63, 3.8) is 0 Å². The Bertz CT molecular complexity index is 383. The summed E-state index contributed by atoms with van der Waals surface area (Å²) >= 11 is 0. The Labute approximate surface area is 103 Å². The first kappa shape index (κ1) is 12.0. The first-order valence-corrected chi connectivity index (χ1v) is 6.23. The van der Waals surface area contributed by atoms with E-state index in [1.807, 2.05) is 6.07 Å². The highest BCUT2D eigenvalue weighted by Crippen LogP contribution is 2.43. The molecule has 94 valence electrons. The van der Waals surface area contributed by atoms with E-state index in [0.717, 1.165) is 12.4 Å². The van der Waals surface area contributed by atoms with Crippen LogP contribution in [0, 0.1) is 5.41 Å². The van der Waals surface area contributed by atoms with E-state index in [9.17, 15) is 0 Å². The highest BCUT2D eigenvalue weighted by molar-refractivity contribution is 5.62. The van der Waals surface area contributed by atoms with E-state index < -0.39 is 0 Å². The molecule has 0 atom stereocenters. The van der Waals surface area contributed by atoms with Crippen LogP contribution in [-0.4, -0.2) is 18.6 Å². The number of ether oxygens (including phenoxy) is 1. The number of anilines is 2. The molecule has 0 saturated heterocycles. The van der Waals surface area contributed by atoms with Crippen LogP contribution in [-0.2, 0) is 0 Å². The van der Waals surface area contributed by atoms with Gasteiger partial charge >= 0.3 is 0 Å². The van der Waals surface area contributed by atoms with Crippen LogP contribution in [0.25, 0.3) is 0 Å². The van der Waals surface area contributed by atoms with Crippen molar-refractivity contribution in [3.05, 3.63) is 12.1 Å². The van der Waals surface area contributed by atoms with Crippen LogP contribution in [0.4, 0.5) is 11.5 Å². The van der Waals surface area contributed by atoms with Gasteiger partial charge in [-0.1, -0.05) is 13.3 Å². The minimum atomic E-state index is 0.456. The number of rotatable bonds is 5. The van der Waals surface area contributed by atoms with E-state index in [1.165, 1.54) is 25.7 Å². The van der Waals surface area contributed by atoms with Crippen molar-refractivity contribution in [2.75, 3.05) is 24.7 Å². The molecular formula is C13H21N3O. The Morgan fingerprint density at radius 2 is 2.24 bits per heavy atom. The average molecular weight is 235 g/mol. The van der Waals surface area contributed by atoms with Gasteiger partial charge in [-0.3, -0.25) is 0 Å². The zero-order valence-electron chi connectivity index (χ0n) is 10.6. The van der Waals surface area contributed by atoms with E-state index in [1.54, 1.807) is 13.2 Å². The quantitative estimate of drug-likeness (QED) is 0.823. The van der Waals surface area contributed by atoms with Gasteiger partial charge in [0.1, 0.15) is 0 Å². The van der Waals surface area contributed by atoms with Crippen molar-refractivity contribution in [3.8, 4) is 5.88 Å². The summed E-state index contributed by atoms with van der Waals surface area (Å²) in [5, 5.41) is 3.37. The third-order valence-corrected chi connectivity index (χ3v) is 3.91. The number of hydrogen-bond donors (Lipinski definition) is 2. The molecule has 1 aromatic heterocycles. The van der Waals surface area contributed by atoms with E-state index >= 15 is 0 Å². The van der Waals surface area contributed by atoms with Gasteiger partial charge in [-0.05, 0) is 30.7 Å². The fraction of sp³-hybridized carbons (Fsp3) is 0.615. The fourth-order valence-corrected chi connectivity index (χ4v) is 2.31. The van der Waals surface area contributed by atoms with E-state index in [4.69, 9.17) is 10.5 Å². The van der Waals surface area contributed by atoms with Crippen molar-refractivity contribution in [2.45, 2.75) is 32.6 Å². The molecule has 4 heteroatoms. The Morgan fingerprint density at radius 1 is 1.47 bits per heavy atom. The maximum atomic E-state index is 5.89. The van der Waals surface area contributed by atoms with Gasteiger partial charge in [0.25, 0.3) is 0 Å². The zero-order valence-corrected chi connectivity index (χ0v) is 10.6. The summed E-state index contributed by atoms with van der Waals surface area (Å²) in [5.74, 6) is 1.34. The lowest BCUT2D eigenvalue weighted by Crippen LogP contribution is -2.36. The van der Waals surface area contributed by atoms with Crippen LogP contribution in [0.1, 0.15) is 32.6 Å². The SMILES string of the molecule is CCC1(CNc2nc(OC)ccc2N)CCC1. The number of nitrogens with zero attached hydrogens (tertiary/aromatic N) is 1. The predicted octanol–water partition coefficient (Wildman–Crippen LogP) is 2.66. The van der Waals surface area contributed by atoms with Crippen LogP contribution in [0.5, 0.6) is 5.88 Å². The monoisotopic (exact) mass is 235 g/mol. The molecular weight excluding hydrogens is 214 g/mol. The lowest BCUT2D eigenvalue weighted by Gasteiger charge is -2.41. The smallest absolute Gasteiger partial charge is 0.215 e. The minimum Gasteiger partial charge on any atom is -0.481 e. The number of hydrogen-bond acceptors (Lipinski definition) is 4. The maximum absolute atomic E-state index is 5.89. The molecule has 0 aliphatic heterocycles. The van der Waals surface area contributed by atoms with Crippen LogP contribution >= 0.6 is 0 Å². The van der Waals surface area contributed by atoms with Gasteiger partial charge in [-0.15, -0.1) is 0 Å². The number of nitrogens with one attached hydrogen (secondary N) is 1. The van der Waals surface area contributed by atoms with Crippen molar-refractivity contribution in [2.24, 2.45) is 5.41 Å². The van der Waals surface area contributed by atoms with Crippen LogP contribution in [0.15, 0.2) is 12.1 Å². The molecule has 1 aliphatic rings. The minimum absolute atomic E-state index is 0.456. The Balaban J connectivity index is 2.02. The Hall–Kier alpha value is -1.45. The highest BCUT2D eigenvalue weighted by atomic mass is 16.5. The summed E-state index contributed by atoms with van der Waals surface area (Å²) in [5.41, 5.74) is 7.03. The fourth-order valence-electron chi connectivity index (χ4n) is 2.31. The highest BCUT2D eigenvalue weighted by Gasteiger charge is 2.34. The first-order chi connectivity index (χ1) is 8.19. The molecule has 0 unspecified atom stereocenters. The predicted molar refractivity (Wildman–Crippen MR) is 70.3 cm³/mol. The number of aromatic nitrogens is 1. The number of methoxy groups -OCH3 is 1. The normalized spacial score (nSPS) is 17.3. The van der Waals surface area contributed by atoms with Crippen molar-refractivity contribution in [1.29, 1.82) is 0 Å². The van der Waals surface area contributed by atoms with Gasteiger partial charge < -0.3 is 15.8 Å². The molecule has 4 nitrogen and oxygen atoms in total. The molecule has 0 radical (unpaired) electrons. The second kappa shape index (κ2) is 4.82. The summed E-state index contributed by atoms with van der Waals surface area (Å²) in [6.45, 7) is 3.21. The van der Waals surface area contributed by atoms with Gasteiger partial charge in [-0.25, -0.2) is 0 Å². The Morgan fingerprint density at radius 3 is 2.76 bits per heavy atom. The molecule has 0 amide bonds. The van der Waals surface area contributed by atoms with Gasteiger partial charge in [0.05, 0.1) is 12.8 Å². The number of pyridine rings is 1. The van der Waals surface area contributed by atoms with Crippen molar-refractivity contribution in [1.82, 2.24) is 4.98 Å². The number of nitrogen functional groups attached to an aromatic ring is 1. The molecule has 17 heavy (non-hydrogen) atoms. The molecule has 0 aromatic carbocycles. The lowest BCUT2D eigenvalue weighted by molar-refractivity contribution is 0.145. The van der Waals surface area contributed by atoms with E-state index in [2.05, 4.69) is 17.2 Å². The standard InChI is InChI=1S/C13H21N3O/c1-3-13(7-4-8-13)9-15-12-10(14)5-6-11(16-12)17-2/h5-6H,3-4,7-9,14H2,1-2H3,(H,15,16). The summed E-state index contributed by atoms with van der Waals surface area (Å²) in [7, 11) is 1.61. The van der Waals surface area contributed by atoms with E-state index in [0.29, 0.717) is 17.0 Å². The third kappa shape index (κ3) is 2.46. The first-order valence-electron chi connectivity index (χ1n) is 6.23. The van der Waals surface area contributed by atoms with Gasteiger partial charge in [0.15, 0.2) is 5.82 Å². The zero-order chi connectivity index (χ0) is 12.3. The summed E-state index contributed by atoms with van der Waals surface area (Å²) in [6.07, 6.45) is 5.17. The topological polar surface area (TPSA) is 60.2 Å². The van der Waals surface area contributed by atoms with Crippen molar-refractivity contribution >= 4 is 11.5 Å². The maximum Gasteiger partial charge on any atom is 0.215 e. The molecule has 3 N–H and O–H groups in total. The molecule has 1 aliphatic carbocycles. The van der Waals surface area contributed by atoms with Crippen LogP contribution in [0.3, 0.4) is 0 Å². The second-order valence-corrected chi connectivity index (χ2v) is 4.85. The molecule has 0 spiro atoms. The average Bonchev–Trinajstić information content (AvgIpc) is 2.30. The van der Waals surface area contributed by atoms with Gasteiger partial charge in [-0.2, -0.15) is 4.98 Å². The lowest BCUT2D eigenvalue weighted by atomic mass is 9.67. The summed E-state index contributed by atoms with van der Waals surface area (Å²) in [6, 6.07) is 3.60. The molecule has 1 heterocycles. The van der Waals surface area contributed by atoms with Gasteiger partial charge in [0, 0.05) is 12.6 Å². The third-order valence-electron chi connectivity index (χ3n) is 3.91. The number of nitrogens with two attached hydrogens (primary N) is 1. The van der Waals surface area contributed by atoms with Crippen LogP contribution < -0.4 is 15.8 Å².